The molecule has 5 N–H and O–H groups in total. The van der Waals surface area contributed by atoms with Crippen molar-refractivity contribution in [2.45, 2.75) is 30.7 Å². The van der Waals surface area contributed by atoms with Crippen LogP contribution in [0.5, 0.6) is 0 Å². The topological polar surface area (TPSA) is 84.8 Å². The molecule has 2 aromatic rings. The van der Waals surface area contributed by atoms with Gasteiger partial charge in [0.25, 0.3) is 0 Å². The van der Waals surface area contributed by atoms with Gasteiger partial charge in [-0.2, -0.15) is 0 Å². The first-order valence-corrected chi connectivity index (χ1v) is 8.78. The quantitative estimate of drug-likeness (QED) is 0.520. The third-order valence-corrected chi connectivity index (χ3v) is 4.84. The molecule has 25 heavy (non-hydrogen) atoms. The molecule has 1 fully saturated rings. The Bertz CT molecular complexity index is 648. The summed E-state index contributed by atoms with van der Waals surface area (Å²) in [6, 6.07) is 18.1. The van der Waals surface area contributed by atoms with Crippen LogP contribution >= 0.6 is 0 Å². The van der Waals surface area contributed by atoms with Crippen LogP contribution in [0.1, 0.15) is 18.0 Å². The summed E-state index contributed by atoms with van der Waals surface area (Å²) in [7, 11) is 0. The minimum absolute atomic E-state index is 0.00789. The standard InChI is InChI=1S/C20H26N2O3/c23-13-18(21-11-10-17-20(25)19(24)12-22-17)16-8-6-15(7-9-16)14-4-2-1-3-5-14/h1-9,17-25H,10-13H2/t17-,18?,19-,20+/m0/s1. The van der Waals surface area contributed by atoms with Gasteiger partial charge in [0.15, 0.2) is 0 Å². The second kappa shape index (κ2) is 8.56. The van der Waals surface area contributed by atoms with Crippen molar-refractivity contribution in [3.63, 3.8) is 0 Å². The number of benzene rings is 2. The molecule has 0 amide bonds. The van der Waals surface area contributed by atoms with Gasteiger partial charge in [0, 0.05) is 12.6 Å². The van der Waals surface area contributed by atoms with Crippen molar-refractivity contribution < 1.29 is 15.3 Å². The average molecular weight is 342 g/mol. The molecule has 2 aromatic carbocycles. The molecule has 1 aliphatic heterocycles. The van der Waals surface area contributed by atoms with E-state index >= 15 is 0 Å². The fraction of sp³-hybridized carbons (Fsp3) is 0.400. The number of β-amino-alcohol motifs (C(OH)–C–C–N with tert-alkyl or cyclic N) is 1. The molecule has 0 aromatic heterocycles. The molecule has 1 unspecified atom stereocenters. The van der Waals surface area contributed by atoms with E-state index in [-0.39, 0.29) is 18.7 Å². The van der Waals surface area contributed by atoms with Gasteiger partial charge in [0.1, 0.15) is 0 Å². The van der Waals surface area contributed by atoms with Crippen LogP contribution in [0.3, 0.4) is 0 Å². The van der Waals surface area contributed by atoms with Gasteiger partial charge < -0.3 is 26.0 Å². The van der Waals surface area contributed by atoms with Crippen molar-refractivity contribution in [3.05, 3.63) is 60.2 Å². The molecule has 3 rings (SSSR count). The lowest BCUT2D eigenvalue weighted by molar-refractivity contribution is 0.0391. The third kappa shape index (κ3) is 4.45. The Morgan fingerprint density at radius 2 is 1.68 bits per heavy atom. The normalized spacial score (nSPS) is 24.4. The van der Waals surface area contributed by atoms with E-state index in [1.165, 1.54) is 5.56 Å². The molecule has 1 heterocycles. The lowest BCUT2D eigenvalue weighted by Gasteiger charge is -2.20. The number of aliphatic hydroxyl groups is 3. The maximum Gasteiger partial charge on any atom is 0.0964 e. The largest absolute Gasteiger partial charge is 0.394 e. The average Bonchev–Trinajstić information content (AvgIpc) is 2.98. The van der Waals surface area contributed by atoms with E-state index in [0.29, 0.717) is 19.5 Å². The summed E-state index contributed by atoms with van der Waals surface area (Å²) in [5.41, 5.74) is 3.35. The number of hydrogen-bond acceptors (Lipinski definition) is 5. The molecule has 0 spiro atoms. The highest BCUT2D eigenvalue weighted by molar-refractivity contribution is 5.63. The molecular weight excluding hydrogens is 316 g/mol. The predicted octanol–water partition coefficient (Wildman–Crippen LogP) is 1.06. The molecule has 0 saturated carbocycles. The van der Waals surface area contributed by atoms with E-state index in [9.17, 15) is 15.3 Å². The molecule has 134 valence electrons. The van der Waals surface area contributed by atoms with Crippen molar-refractivity contribution in [2.75, 3.05) is 19.7 Å². The molecule has 1 saturated heterocycles. The summed E-state index contributed by atoms with van der Waals surface area (Å²) in [6.07, 6.45) is -0.722. The predicted molar refractivity (Wildman–Crippen MR) is 98.1 cm³/mol. The van der Waals surface area contributed by atoms with Gasteiger partial charge >= 0.3 is 0 Å². The first-order chi connectivity index (χ1) is 12.2. The minimum Gasteiger partial charge on any atom is -0.394 e. The fourth-order valence-electron chi connectivity index (χ4n) is 3.29. The Morgan fingerprint density at radius 3 is 2.28 bits per heavy atom. The first-order valence-electron chi connectivity index (χ1n) is 8.78. The van der Waals surface area contributed by atoms with E-state index in [4.69, 9.17) is 0 Å². The van der Waals surface area contributed by atoms with Gasteiger partial charge in [-0.25, -0.2) is 0 Å². The molecule has 1 aliphatic rings. The summed E-state index contributed by atoms with van der Waals surface area (Å²) in [5.74, 6) is 0. The highest BCUT2D eigenvalue weighted by Gasteiger charge is 2.32. The summed E-state index contributed by atoms with van der Waals surface area (Å²) < 4.78 is 0. The second-order valence-corrected chi connectivity index (χ2v) is 6.54. The minimum atomic E-state index is -0.723. The molecule has 5 nitrogen and oxygen atoms in total. The molecule has 4 atom stereocenters. The highest BCUT2D eigenvalue weighted by Crippen LogP contribution is 2.22. The van der Waals surface area contributed by atoms with Crippen LogP contribution < -0.4 is 10.6 Å². The third-order valence-electron chi connectivity index (χ3n) is 4.84. The Labute approximate surface area is 148 Å². The smallest absolute Gasteiger partial charge is 0.0964 e. The molecular formula is C20H26N2O3. The summed E-state index contributed by atoms with van der Waals surface area (Å²) >= 11 is 0. The fourth-order valence-corrected chi connectivity index (χ4v) is 3.29. The Kier molecular flexibility index (Phi) is 6.18. The maximum atomic E-state index is 9.85. The van der Waals surface area contributed by atoms with Crippen LogP contribution in [0.2, 0.25) is 0 Å². The van der Waals surface area contributed by atoms with E-state index < -0.39 is 12.2 Å². The summed E-state index contributed by atoms with van der Waals surface area (Å²) in [6.45, 7) is 1.08. The van der Waals surface area contributed by atoms with Gasteiger partial charge in [0.2, 0.25) is 0 Å². The van der Waals surface area contributed by atoms with Crippen molar-refractivity contribution in [1.82, 2.24) is 10.6 Å². The zero-order chi connectivity index (χ0) is 17.6. The SMILES string of the molecule is OCC(NCC[C@@H]1NC[C@H](O)[C@@H]1O)c1ccc(-c2ccccc2)cc1. The van der Waals surface area contributed by atoms with E-state index in [1.807, 2.05) is 30.3 Å². The molecule has 5 heteroatoms. The van der Waals surface area contributed by atoms with Crippen LogP contribution in [0.4, 0.5) is 0 Å². The number of rotatable bonds is 7. The zero-order valence-corrected chi connectivity index (χ0v) is 14.2. The second-order valence-electron chi connectivity index (χ2n) is 6.54. The Balaban J connectivity index is 1.56. The molecule has 0 bridgehead atoms. The van der Waals surface area contributed by atoms with Gasteiger partial charge in [-0.05, 0) is 29.7 Å². The number of hydrogen-bond donors (Lipinski definition) is 5. The lowest BCUT2D eigenvalue weighted by atomic mass is 10.0. The van der Waals surface area contributed by atoms with Crippen LogP contribution in [0, 0.1) is 0 Å². The Morgan fingerprint density at radius 1 is 1.00 bits per heavy atom. The van der Waals surface area contributed by atoms with Crippen LogP contribution in [0.25, 0.3) is 11.1 Å². The highest BCUT2D eigenvalue weighted by atomic mass is 16.3. The van der Waals surface area contributed by atoms with E-state index in [0.717, 1.165) is 11.1 Å². The molecule has 0 aliphatic carbocycles. The molecule has 0 radical (unpaired) electrons. The summed E-state index contributed by atoms with van der Waals surface area (Å²) in [5, 5.41) is 35.5. The maximum absolute atomic E-state index is 9.85. The van der Waals surface area contributed by atoms with Gasteiger partial charge in [-0.1, -0.05) is 54.6 Å². The lowest BCUT2D eigenvalue weighted by Crippen LogP contribution is -2.37. The van der Waals surface area contributed by atoms with E-state index in [1.54, 1.807) is 0 Å². The van der Waals surface area contributed by atoms with Crippen molar-refractivity contribution in [3.8, 4) is 11.1 Å². The van der Waals surface area contributed by atoms with E-state index in [2.05, 4.69) is 34.9 Å². The van der Waals surface area contributed by atoms with Crippen LogP contribution in [-0.2, 0) is 0 Å². The van der Waals surface area contributed by atoms with Gasteiger partial charge in [0.05, 0.1) is 24.9 Å². The summed E-state index contributed by atoms with van der Waals surface area (Å²) in [4.78, 5) is 0. The monoisotopic (exact) mass is 342 g/mol. The van der Waals surface area contributed by atoms with Crippen molar-refractivity contribution >= 4 is 0 Å². The number of nitrogens with one attached hydrogen (secondary N) is 2. The van der Waals surface area contributed by atoms with Crippen LogP contribution in [-0.4, -0.2) is 53.3 Å². The Hall–Kier alpha value is -1.76. The van der Waals surface area contributed by atoms with Crippen molar-refractivity contribution in [2.24, 2.45) is 0 Å². The zero-order valence-electron chi connectivity index (χ0n) is 14.2. The van der Waals surface area contributed by atoms with Gasteiger partial charge in [-0.3, -0.25) is 0 Å². The first kappa shape index (κ1) is 18.0. The van der Waals surface area contributed by atoms with Gasteiger partial charge in [-0.15, -0.1) is 0 Å². The van der Waals surface area contributed by atoms with Crippen LogP contribution in [0.15, 0.2) is 54.6 Å². The number of aliphatic hydroxyl groups excluding tert-OH is 3. The van der Waals surface area contributed by atoms with Crippen molar-refractivity contribution in [1.29, 1.82) is 0 Å².